The maximum absolute atomic E-state index is 11.5. The van der Waals surface area contributed by atoms with Crippen LogP contribution in [0.5, 0.6) is 5.75 Å². The van der Waals surface area contributed by atoms with Gasteiger partial charge in [0.25, 0.3) is 5.69 Å². The Morgan fingerprint density at radius 1 is 1.05 bits per heavy atom. The second-order valence-electron chi connectivity index (χ2n) is 11.0. The molecule has 0 aliphatic heterocycles. The molecule has 2 aromatic carbocycles. The van der Waals surface area contributed by atoms with Gasteiger partial charge in [0.05, 0.1) is 16.7 Å². The minimum atomic E-state index is -1.40. The molecule has 0 spiro atoms. The topological polar surface area (TPSA) is 78.9 Å². The average Bonchev–Trinajstić information content (AvgIpc) is 3.25. The van der Waals surface area contributed by atoms with Gasteiger partial charge < -0.3 is 13.6 Å². The van der Waals surface area contributed by atoms with Crippen molar-refractivity contribution in [3.8, 4) is 17.0 Å². The van der Waals surface area contributed by atoms with E-state index in [-0.39, 0.29) is 11.1 Å². The van der Waals surface area contributed by atoms with E-state index in [1.165, 1.54) is 17.7 Å². The molecule has 0 amide bonds. The van der Waals surface area contributed by atoms with Crippen LogP contribution in [0.1, 0.15) is 43.9 Å². The highest BCUT2D eigenvalue weighted by Crippen LogP contribution is 2.31. The molecule has 0 radical (unpaired) electrons. The molecule has 0 saturated heterocycles. The number of imidazole rings is 1. The molecule has 2 aromatic heterocycles. The molecule has 0 bridgehead atoms. The zero-order chi connectivity index (χ0) is 27.4. The lowest BCUT2D eigenvalue weighted by molar-refractivity contribution is -0.385. The molecule has 1 unspecified atom stereocenters. The van der Waals surface area contributed by atoms with Gasteiger partial charge in [-0.3, -0.25) is 10.1 Å². The number of ether oxygens (including phenoxy) is 1. The van der Waals surface area contributed by atoms with Crippen molar-refractivity contribution in [2.75, 3.05) is 0 Å². The molecule has 7 nitrogen and oxygen atoms in total. The van der Waals surface area contributed by atoms with Gasteiger partial charge in [-0.1, -0.05) is 63.3 Å². The smallest absolute Gasteiger partial charge is 0.273 e. The predicted octanol–water partition coefficient (Wildman–Crippen LogP) is 7.53. The Morgan fingerprint density at radius 3 is 2.45 bits per heavy atom. The molecular formula is C30H35N3O4Si. The summed E-state index contributed by atoms with van der Waals surface area (Å²) in [5, 5.41) is 11.5. The summed E-state index contributed by atoms with van der Waals surface area (Å²) in [7, 11) is -1.40. The van der Waals surface area contributed by atoms with Crippen LogP contribution in [0.25, 0.3) is 29.1 Å². The van der Waals surface area contributed by atoms with Crippen molar-refractivity contribution in [1.29, 1.82) is 0 Å². The number of nitrogens with zero attached hydrogens (tertiary/aromatic N) is 3. The molecule has 2 heterocycles. The second-order valence-corrected chi connectivity index (χ2v) is 13.4. The SMILES string of the molecule is Cc1ccc2nc(-c3ccc(/C=C/c4ccc([N+](=O)[O-])cc4OC(CC(C)(C)C)O[SiH](C)C)cc3)cn2c1. The van der Waals surface area contributed by atoms with Crippen LogP contribution in [0.2, 0.25) is 13.1 Å². The predicted molar refractivity (Wildman–Crippen MR) is 156 cm³/mol. The number of aryl methyl sites for hydroxylation is 1. The van der Waals surface area contributed by atoms with Crippen molar-refractivity contribution in [3.05, 3.63) is 93.8 Å². The lowest BCUT2D eigenvalue weighted by Gasteiger charge is -2.28. The Bertz CT molecular complexity index is 1450. The van der Waals surface area contributed by atoms with Gasteiger partial charge in [0.1, 0.15) is 11.4 Å². The van der Waals surface area contributed by atoms with Crippen molar-refractivity contribution < 1.29 is 14.1 Å². The summed E-state index contributed by atoms with van der Waals surface area (Å²) in [6.45, 7) is 12.6. The van der Waals surface area contributed by atoms with Crippen molar-refractivity contribution in [1.82, 2.24) is 9.38 Å². The van der Waals surface area contributed by atoms with Crippen molar-refractivity contribution in [3.63, 3.8) is 0 Å². The largest absolute Gasteiger partial charge is 0.465 e. The van der Waals surface area contributed by atoms with Crippen LogP contribution in [-0.2, 0) is 4.43 Å². The normalized spacial score (nSPS) is 12.9. The van der Waals surface area contributed by atoms with E-state index in [1.807, 2.05) is 53.1 Å². The molecule has 0 aliphatic rings. The number of hydrogen-bond acceptors (Lipinski definition) is 5. The molecule has 0 aliphatic carbocycles. The number of non-ortho nitro benzene ring substituents is 1. The van der Waals surface area contributed by atoms with Gasteiger partial charge in [-0.25, -0.2) is 4.98 Å². The number of nitro groups is 1. The monoisotopic (exact) mass is 529 g/mol. The first-order chi connectivity index (χ1) is 18.0. The molecule has 8 heteroatoms. The lowest BCUT2D eigenvalue weighted by atomic mass is 9.92. The summed E-state index contributed by atoms with van der Waals surface area (Å²) in [5.41, 5.74) is 5.75. The zero-order valence-electron chi connectivity index (χ0n) is 22.8. The quantitative estimate of drug-likeness (QED) is 0.0736. The van der Waals surface area contributed by atoms with Crippen LogP contribution in [0.4, 0.5) is 5.69 Å². The minimum Gasteiger partial charge on any atom is -0.465 e. The lowest BCUT2D eigenvalue weighted by Crippen LogP contribution is -2.30. The van der Waals surface area contributed by atoms with E-state index in [0.717, 1.165) is 28.0 Å². The van der Waals surface area contributed by atoms with Crippen LogP contribution in [0.3, 0.4) is 0 Å². The highest BCUT2D eigenvalue weighted by molar-refractivity contribution is 6.48. The number of benzene rings is 2. The molecule has 0 N–H and O–H groups in total. The van der Waals surface area contributed by atoms with E-state index < -0.39 is 20.3 Å². The third kappa shape index (κ3) is 7.17. The highest BCUT2D eigenvalue weighted by Gasteiger charge is 2.23. The second kappa shape index (κ2) is 11.3. The Balaban J connectivity index is 1.58. The standard InChI is InChI=1S/C30H35N3O4Si/c1-21-7-16-28-31-26(20-32(28)19-21)23-11-8-22(9-12-23)10-13-24-14-15-25(33(34)35)17-27(24)36-29(37-38(5)6)18-30(2,3)4/h7-17,19-20,29,38H,18H2,1-6H3/b13-10+. The number of rotatable bonds is 9. The molecule has 4 aromatic rings. The van der Waals surface area contributed by atoms with Gasteiger partial charge in [-0.15, -0.1) is 0 Å². The van der Waals surface area contributed by atoms with E-state index in [1.54, 1.807) is 6.07 Å². The van der Waals surface area contributed by atoms with E-state index in [2.05, 4.69) is 53.1 Å². The van der Waals surface area contributed by atoms with Gasteiger partial charge in [-0.2, -0.15) is 0 Å². The summed E-state index contributed by atoms with van der Waals surface area (Å²) in [4.78, 5) is 15.8. The number of nitro benzene ring substituents is 1. The van der Waals surface area contributed by atoms with Gasteiger partial charge in [0, 0.05) is 36.0 Å². The number of aromatic nitrogens is 2. The molecule has 0 fully saturated rings. The van der Waals surface area contributed by atoms with Gasteiger partial charge in [0.15, 0.2) is 15.3 Å². The first-order valence-corrected chi connectivity index (χ1v) is 15.6. The summed E-state index contributed by atoms with van der Waals surface area (Å²) in [5.74, 6) is 0.441. The van der Waals surface area contributed by atoms with E-state index in [9.17, 15) is 10.1 Å². The van der Waals surface area contributed by atoms with Crippen LogP contribution in [0, 0.1) is 22.5 Å². The van der Waals surface area contributed by atoms with Crippen molar-refractivity contribution in [2.24, 2.45) is 5.41 Å². The van der Waals surface area contributed by atoms with Crippen LogP contribution >= 0.6 is 0 Å². The third-order valence-electron chi connectivity index (χ3n) is 5.93. The first kappa shape index (κ1) is 27.3. The molecule has 38 heavy (non-hydrogen) atoms. The van der Waals surface area contributed by atoms with Gasteiger partial charge in [0.2, 0.25) is 0 Å². The molecule has 0 saturated carbocycles. The summed E-state index contributed by atoms with van der Waals surface area (Å²) >= 11 is 0. The Morgan fingerprint density at radius 2 is 1.79 bits per heavy atom. The summed E-state index contributed by atoms with van der Waals surface area (Å²) < 4.78 is 14.5. The van der Waals surface area contributed by atoms with Crippen LogP contribution < -0.4 is 4.74 Å². The van der Waals surface area contributed by atoms with Crippen molar-refractivity contribution in [2.45, 2.75) is 53.5 Å². The summed E-state index contributed by atoms with van der Waals surface area (Å²) in [6.07, 6.45) is 8.19. The minimum absolute atomic E-state index is 0.0135. The zero-order valence-corrected chi connectivity index (χ0v) is 24.0. The van der Waals surface area contributed by atoms with E-state index in [4.69, 9.17) is 14.1 Å². The molecule has 4 rings (SSSR count). The Kier molecular flexibility index (Phi) is 8.13. The maximum atomic E-state index is 11.5. The highest BCUT2D eigenvalue weighted by atomic mass is 28.3. The molecular weight excluding hydrogens is 494 g/mol. The third-order valence-corrected chi connectivity index (χ3v) is 6.78. The van der Waals surface area contributed by atoms with Crippen LogP contribution in [0.15, 0.2) is 67.0 Å². The fraction of sp³-hybridized carbons (Fsp3) is 0.300. The molecule has 1 atom stereocenters. The average molecular weight is 530 g/mol. The Hall–Kier alpha value is -3.75. The number of fused-ring (bicyclic) bond motifs is 1. The van der Waals surface area contributed by atoms with Crippen molar-refractivity contribution >= 4 is 32.5 Å². The maximum Gasteiger partial charge on any atom is 0.273 e. The van der Waals surface area contributed by atoms with Crippen LogP contribution in [-0.4, -0.2) is 29.6 Å². The van der Waals surface area contributed by atoms with Gasteiger partial charge >= 0.3 is 0 Å². The number of pyridine rings is 1. The fourth-order valence-corrected chi connectivity index (χ4v) is 4.89. The number of hydrogen-bond donors (Lipinski definition) is 0. The Labute approximate surface area is 225 Å². The van der Waals surface area contributed by atoms with E-state index in [0.29, 0.717) is 12.2 Å². The first-order valence-electron chi connectivity index (χ1n) is 12.8. The van der Waals surface area contributed by atoms with Gasteiger partial charge in [-0.05, 0) is 48.7 Å². The van der Waals surface area contributed by atoms with E-state index >= 15 is 0 Å². The fourth-order valence-electron chi connectivity index (χ4n) is 4.13. The summed E-state index contributed by atoms with van der Waals surface area (Å²) in [6, 6.07) is 16.9. The molecule has 198 valence electrons.